The number of fused-ring (bicyclic) bond motifs is 1. The summed E-state index contributed by atoms with van der Waals surface area (Å²) in [4.78, 5) is 18.9. The van der Waals surface area contributed by atoms with Crippen molar-refractivity contribution in [1.29, 1.82) is 0 Å². The van der Waals surface area contributed by atoms with Crippen LogP contribution >= 0.6 is 0 Å². The van der Waals surface area contributed by atoms with E-state index in [-0.39, 0.29) is 11.7 Å². The van der Waals surface area contributed by atoms with Crippen molar-refractivity contribution < 1.29 is 4.92 Å². The average molecular weight is 220 g/mol. The van der Waals surface area contributed by atoms with E-state index in [9.17, 15) is 10.1 Å². The van der Waals surface area contributed by atoms with Crippen LogP contribution in [-0.2, 0) is 0 Å². The van der Waals surface area contributed by atoms with E-state index >= 15 is 0 Å². The van der Waals surface area contributed by atoms with Crippen molar-refractivity contribution in [2.24, 2.45) is 0 Å². The van der Waals surface area contributed by atoms with E-state index in [1.165, 1.54) is 4.40 Å². The molecule has 0 unspecified atom stereocenters. The van der Waals surface area contributed by atoms with Crippen LogP contribution < -0.4 is 0 Å². The molecule has 0 atom stereocenters. The Labute approximate surface area is 92.1 Å². The molecule has 2 aromatic heterocycles. The molecule has 0 aromatic carbocycles. The van der Waals surface area contributed by atoms with Crippen LogP contribution in [0.5, 0.6) is 0 Å². The predicted molar refractivity (Wildman–Crippen MR) is 58.5 cm³/mol. The monoisotopic (exact) mass is 220 g/mol. The Bertz CT molecular complexity index is 559. The SMILES string of the molecule is Cc1cnc2nc(C(C)C)c([N+](=O)[O-])n2c1. The van der Waals surface area contributed by atoms with Gasteiger partial charge in [0.15, 0.2) is 0 Å². The number of aryl methyl sites for hydroxylation is 1. The van der Waals surface area contributed by atoms with Crippen LogP contribution in [0.4, 0.5) is 5.82 Å². The smallest absolute Gasteiger partial charge is 0.352 e. The molecule has 0 aliphatic carbocycles. The van der Waals surface area contributed by atoms with Crippen molar-refractivity contribution >= 4 is 11.6 Å². The summed E-state index contributed by atoms with van der Waals surface area (Å²) in [5.41, 5.74) is 1.34. The van der Waals surface area contributed by atoms with Gasteiger partial charge in [0.1, 0.15) is 11.9 Å². The first-order valence-electron chi connectivity index (χ1n) is 4.99. The third kappa shape index (κ3) is 1.52. The minimum atomic E-state index is -0.406. The molecule has 0 amide bonds. The summed E-state index contributed by atoms with van der Waals surface area (Å²) in [6.45, 7) is 5.59. The van der Waals surface area contributed by atoms with Crippen LogP contribution in [0.15, 0.2) is 12.4 Å². The summed E-state index contributed by atoms with van der Waals surface area (Å²) >= 11 is 0. The number of nitrogens with zero attached hydrogens (tertiary/aromatic N) is 4. The molecule has 0 saturated heterocycles. The standard InChI is InChI=1S/C10H12N4O2/c1-6(2)8-9(14(15)16)13-5-7(3)4-11-10(13)12-8/h4-6H,1-3H3. The van der Waals surface area contributed by atoms with E-state index in [1.54, 1.807) is 12.4 Å². The van der Waals surface area contributed by atoms with Gasteiger partial charge < -0.3 is 10.1 Å². The van der Waals surface area contributed by atoms with Crippen molar-refractivity contribution in [3.05, 3.63) is 33.8 Å². The lowest BCUT2D eigenvalue weighted by Crippen LogP contribution is -1.99. The molecule has 2 heterocycles. The first-order valence-corrected chi connectivity index (χ1v) is 4.99. The zero-order valence-electron chi connectivity index (χ0n) is 9.34. The van der Waals surface area contributed by atoms with Gasteiger partial charge in [0.2, 0.25) is 0 Å². The molecular weight excluding hydrogens is 208 g/mol. The maximum Gasteiger partial charge on any atom is 0.352 e. The molecule has 2 rings (SSSR count). The van der Waals surface area contributed by atoms with Crippen molar-refractivity contribution in [1.82, 2.24) is 14.4 Å². The first kappa shape index (κ1) is 10.5. The van der Waals surface area contributed by atoms with Crippen LogP contribution in [0.3, 0.4) is 0 Å². The fourth-order valence-electron chi connectivity index (χ4n) is 1.60. The van der Waals surface area contributed by atoms with Gasteiger partial charge in [-0.2, -0.15) is 14.4 Å². The Balaban J connectivity index is 2.82. The molecule has 0 saturated carbocycles. The highest BCUT2D eigenvalue weighted by atomic mass is 16.6. The lowest BCUT2D eigenvalue weighted by atomic mass is 10.1. The van der Waals surface area contributed by atoms with Gasteiger partial charge in [0.25, 0.3) is 0 Å². The predicted octanol–water partition coefficient (Wildman–Crippen LogP) is 2.07. The number of rotatable bonds is 2. The van der Waals surface area contributed by atoms with Crippen molar-refractivity contribution in [3.63, 3.8) is 0 Å². The second-order valence-corrected chi connectivity index (χ2v) is 4.03. The van der Waals surface area contributed by atoms with Gasteiger partial charge in [-0.05, 0) is 11.8 Å². The highest BCUT2D eigenvalue weighted by Gasteiger charge is 2.25. The summed E-state index contributed by atoms with van der Waals surface area (Å²) < 4.78 is 1.44. The molecule has 0 spiro atoms. The van der Waals surface area contributed by atoms with Crippen LogP contribution in [0.25, 0.3) is 5.78 Å². The normalized spacial score (nSPS) is 11.2. The van der Waals surface area contributed by atoms with Gasteiger partial charge in [-0.3, -0.25) is 0 Å². The van der Waals surface area contributed by atoms with E-state index < -0.39 is 4.92 Å². The number of nitro groups is 1. The summed E-state index contributed by atoms with van der Waals surface area (Å²) in [5, 5.41) is 11.0. The van der Waals surface area contributed by atoms with Gasteiger partial charge in [-0.1, -0.05) is 13.8 Å². The number of aromatic nitrogens is 3. The summed E-state index contributed by atoms with van der Waals surface area (Å²) in [7, 11) is 0. The summed E-state index contributed by atoms with van der Waals surface area (Å²) in [5.74, 6) is 0.393. The highest BCUT2D eigenvalue weighted by Crippen LogP contribution is 2.26. The molecule has 16 heavy (non-hydrogen) atoms. The van der Waals surface area contributed by atoms with Crippen LogP contribution in [-0.4, -0.2) is 19.3 Å². The fraction of sp³-hybridized carbons (Fsp3) is 0.400. The molecule has 84 valence electrons. The third-order valence-corrected chi connectivity index (χ3v) is 2.33. The van der Waals surface area contributed by atoms with E-state index in [4.69, 9.17) is 0 Å². The largest absolute Gasteiger partial charge is 0.358 e. The number of imidazole rings is 1. The summed E-state index contributed by atoms with van der Waals surface area (Å²) in [6.07, 6.45) is 3.33. The molecule has 0 radical (unpaired) electrons. The molecule has 6 nitrogen and oxygen atoms in total. The maximum atomic E-state index is 11.0. The number of hydrogen-bond acceptors (Lipinski definition) is 4. The zero-order chi connectivity index (χ0) is 11.9. The Morgan fingerprint density at radius 2 is 2.19 bits per heavy atom. The molecule has 2 aromatic rings. The third-order valence-electron chi connectivity index (χ3n) is 2.33. The van der Waals surface area contributed by atoms with Gasteiger partial charge in [0.05, 0.1) is 0 Å². The second kappa shape index (κ2) is 3.55. The lowest BCUT2D eigenvalue weighted by molar-refractivity contribution is -0.391. The van der Waals surface area contributed by atoms with Gasteiger partial charge in [-0.15, -0.1) is 0 Å². The Kier molecular flexibility index (Phi) is 2.34. The van der Waals surface area contributed by atoms with Gasteiger partial charge >= 0.3 is 11.6 Å². The van der Waals surface area contributed by atoms with Crippen molar-refractivity contribution in [2.45, 2.75) is 26.7 Å². The quantitative estimate of drug-likeness (QED) is 0.573. The van der Waals surface area contributed by atoms with E-state index in [1.807, 2.05) is 20.8 Å². The molecule has 0 aliphatic rings. The highest BCUT2D eigenvalue weighted by molar-refractivity contribution is 5.45. The van der Waals surface area contributed by atoms with Crippen LogP contribution in [0.1, 0.15) is 31.0 Å². The van der Waals surface area contributed by atoms with Crippen molar-refractivity contribution in [2.75, 3.05) is 0 Å². The first-order chi connectivity index (χ1) is 7.50. The molecule has 6 heteroatoms. The minimum absolute atomic E-state index is 0.00223. The molecule has 0 N–H and O–H groups in total. The van der Waals surface area contributed by atoms with Crippen LogP contribution in [0, 0.1) is 17.0 Å². The Morgan fingerprint density at radius 3 is 2.75 bits per heavy atom. The molecule has 0 aliphatic heterocycles. The maximum absolute atomic E-state index is 11.0. The fourth-order valence-corrected chi connectivity index (χ4v) is 1.60. The molecule has 0 fully saturated rings. The topological polar surface area (TPSA) is 73.3 Å². The van der Waals surface area contributed by atoms with E-state index in [2.05, 4.69) is 9.97 Å². The lowest BCUT2D eigenvalue weighted by Gasteiger charge is -2.00. The van der Waals surface area contributed by atoms with E-state index in [0.717, 1.165) is 5.56 Å². The molecule has 0 bridgehead atoms. The van der Waals surface area contributed by atoms with Gasteiger partial charge in [-0.25, -0.2) is 0 Å². The van der Waals surface area contributed by atoms with Crippen LogP contribution in [0.2, 0.25) is 0 Å². The second-order valence-electron chi connectivity index (χ2n) is 4.03. The zero-order valence-corrected chi connectivity index (χ0v) is 9.34. The number of hydrogen-bond donors (Lipinski definition) is 0. The van der Waals surface area contributed by atoms with Crippen molar-refractivity contribution in [3.8, 4) is 0 Å². The summed E-state index contributed by atoms with van der Waals surface area (Å²) in [6, 6.07) is 0. The molecular formula is C10H12N4O2. The Hall–Kier alpha value is -1.98. The Morgan fingerprint density at radius 1 is 1.50 bits per heavy atom. The average Bonchev–Trinajstić information content (AvgIpc) is 2.55. The van der Waals surface area contributed by atoms with E-state index in [0.29, 0.717) is 11.5 Å². The minimum Gasteiger partial charge on any atom is -0.358 e. The van der Waals surface area contributed by atoms with Gasteiger partial charge in [0, 0.05) is 17.7 Å².